The van der Waals surface area contributed by atoms with Gasteiger partial charge < -0.3 is 19.2 Å². The highest BCUT2D eigenvalue weighted by Gasteiger charge is 2.17. The van der Waals surface area contributed by atoms with Crippen LogP contribution in [0.25, 0.3) is 0 Å². The Morgan fingerprint density at radius 3 is 2.70 bits per heavy atom. The van der Waals surface area contributed by atoms with E-state index in [9.17, 15) is 0 Å². The standard InChI is InChI=1S/C16H24N4O2.HI/c1-11(15-12(2)19-22-13(15)3)9-18-16(17-4)20(5)10-14-7-6-8-21-14;/h6-8,11H,9-10H2,1-5H3,(H,17,18);1H. The summed E-state index contributed by atoms with van der Waals surface area (Å²) in [5.41, 5.74) is 2.11. The van der Waals surface area contributed by atoms with E-state index < -0.39 is 0 Å². The summed E-state index contributed by atoms with van der Waals surface area (Å²) in [6.07, 6.45) is 1.68. The lowest BCUT2D eigenvalue weighted by Crippen LogP contribution is -2.40. The number of nitrogens with one attached hydrogen (secondary N) is 1. The number of nitrogens with zero attached hydrogens (tertiary/aromatic N) is 3. The summed E-state index contributed by atoms with van der Waals surface area (Å²) in [6, 6.07) is 3.84. The maximum atomic E-state index is 5.37. The molecule has 2 aromatic heterocycles. The van der Waals surface area contributed by atoms with Crippen LogP contribution in [0.3, 0.4) is 0 Å². The van der Waals surface area contributed by atoms with Gasteiger partial charge in [0.05, 0.1) is 18.5 Å². The summed E-state index contributed by atoms with van der Waals surface area (Å²) in [4.78, 5) is 6.34. The predicted molar refractivity (Wildman–Crippen MR) is 101 cm³/mol. The number of aryl methyl sites for hydroxylation is 2. The van der Waals surface area contributed by atoms with Crippen molar-refractivity contribution in [2.75, 3.05) is 20.6 Å². The first kappa shape index (κ1) is 19.5. The third-order valence-electron chi connectivity index (χ3n) is 3.69. The summed E-state index contributed by atoms with van der Waals surface area (Å²) < 4.78 is 10.6. The van der Waals surface area contributed by atoms with E-state index in [0.717, 1.165) is 35.3 Å². The monoisotopic (exact) mass is 432 g/mol. The lowest BCUT2D eigenvalue weighted by molar-refractivity contribution is 0.391. The zero-order chi connectivity index (χ0) is 16.1. The average Bonchev–Trinajstić information content (AvgIpc) is 3.09. The average molecular weight is 432 g/mol. The Balaban J connectivity index is 0.00000264. The fraction of sp³-hybridized carbons (Fsp3) is 0.500. The molecule has 0 amide bonds. The van der Waals surface area contributed by atoms with Crippen LogP contribution in [0.4, 0.5) is 0 Å². The summed E-state index contributed by atoms with van der Waals surface area (Å²) in [5, 5.41) is 7.40. The van der Waals surface area contributed by atoms with Gasteiger partial charge >= 0.3 is 0 Å². The minimum Gasteiger partial charge on any atom is -0.467 e. The van der Waals surface area contributed by atoms with Gasteiger partial charge in [-0.05, 0) is 26.0 Å². The Bertz CT molecular complexity index is 603. The molecule has 7 heteroatoms. The van der Waals surface area contributed by atoms with Crippen LogP contribution in [-0.4, -0.2) is 36.7 Å². The minimum absolute atomic E-state index is 0. The number of hydrogen-bond acceptors (Lipinski definition) is 4. The molecule has 1 N–H and O–H groups in total. The Morgan fingerprint density at radius 2 is 2.17 bits per heavy atom. The maximum absolute atomic E-state index is 5.37. The van der Waals surface area contributed by atoms with Crippen molar-refractivity contribution in [2.45, 2.75) is 33.2 Å². The quantitative estimate of drug-likeness (QED) is 0.446. The second kappa shape index (κ2) is 8.95. The first-order chi connectivity index (χ1) is 10.5. The van der Waals surface area contributed by atoms with E-state index in [1.165, 1.54) is 0 Å². The molecule has 0 saturated heterocycles. The van der Waals surface area contributed by atoms with Crippen molar-refractivity contribution in [2.24, 2.45) is 4.99 Å². The Hall–Kier alpha value is -1.51. The number of hydrogen-bond donors (Lipinski definition) is 1. The zero-order valence-corrected chi connectivity index (χ0v) is 16.6. The molecular formula is C16H25IN4O2. The third-order valence-corrected chi connectivity index (χ3v) is 3.69. The van der Waals surface area contributed by atoms with Crippen molar-refractivity contribution < 1.29 is 8.94 Å². The number of guanidine groups is 1. The Kier molecular flexibility index (Phi) is 7.60. The van der Waals surface area contributed by atoms with Crippen LogP contribution < -0.4 is 5.32 Å². The van der Waals surface area contributed by atoms with Gasteiger partial charge in [0.1, 0.15) is 11.5 Å². The number of aliphatic imine (C=N–C) groups is 1. The van der Waals surface area contributed by atoms with E-state index >= 15 is 0 Å². The van der Waals surface area contributed by atoms with Crippen LogP contribution in [0.1, 0.15) is 35.6 Å². The van der Waals surface area contributed by atoms with Crippen molar-refractivity contribution in [3.8, 4) is 0 Å². The van der Waals surface area contributed by atoms with Gasteiger partial charge in [-0.1, -0.05) is 12.1 Å². The molecule has 23 heavy (non-hydrogen) atoms. The highest BCUT2D eigenvalue weighted by molar-refractivity contribution is 14.0. The molecule has 0 aliphatic heterocycles. The van der Waals surface area contributed by atoms with Crippen molar-refractivity contribution >= 4 is 29.9 Å². The SMILES string of the molecule is CN=C(NCC(C)c1c(C)noc1C)N(C)Cc1ccco1.I. The van der Waals surface area contributed by atoms with Gasteiger partial charge in [0.25, 0.3) is 0 Å². The van der Waals surface area contributed by atoms with E-state index in [1.807, 2.05) is 37.9 Å². The molecule has 0 bridgehead atoms. The van der Waals surface area contributed by atoms with E-state index in [0.29, 0.717) is 12.5 Å². The second-order valence-electron chi connectivity index (χ2n) is 5.50. The normalized spacial score (nSPS) is 12.7. The van der Waals surface area contributed by atoms with Gasteiger partial charge in [-0.15, -0.1) is 24.0 Å². The predicted octanol–water partition coefficient (Wildman–Crippen LogP) is 3.31. The molecular weight excluding hydrogens is 407 g/mol. The summed E-state index contributed by atoms with van der Waals surface area (Å²) in [7, 11) is 3.76. The van der Waals surface area contributed by atoms with Gasteiger partial charge in [0, 0.05) is 32.1 Å². The van der Waals surface area contributed by atoms with Gasteiger partial charge in [0.2, 0.25) is 0 Å². The van der Waals surface area contributed by atoms with Gasteiger partial charge in [-0.25, -0.2) is 0 Å². The van der Waals surface area contributed by atoms with E-state index in [4.69, 9.17) is 8.94 Å². The molecule has 0 aliphatic rings. The molecule has 0 saturated carbocycles. The Labute approximate surface area is 154 Å². The fourth-order valence-corrected chi connectivity index (χ4v) is 2.64. The molecule has 0 fully saturated rings. The van der Waals surface area contributed by atoms with Crippen molar-refractivity contribution in [3.63, 3.8) is 0 Å². The first-order valence-electron chi connectivity index (χ1n) is 7.39. The van der Waals surface area contributed by atoms with Gasteiger partial charge in [0.15, 0.2) is 5.96 Å². The van der Waals surface area contributed by atoms with Crippen LogP contribution in [0, 0.1) is 13.8 Å². The van der Waals surface area contributed by atoms with Crippen molar-refractivity contribution in [1.29, 1.82) is 0 Å². The summed E-state index contributed by atoms with van der Waals surface area (Å²) in [5.74, 6) is 2.91. The number of rotatable bonds is 5. The lowest BCUT2D eigenvalue weighted by atomic mass is 10.00. The minimum atomic E-state index is 0. The molecule has 1 unspecified atom stereocenters. The molecule has 2 aromatic rings. The molecule has 0 spiro atoms. The molecule has 0 radical (unpaired) electrons. The topological polar surface area (TPSA) is 66.8 Å². The molecule has 2 rings (SSSR count). The highest BCUT2D eigenvalue weighted by atomic mass is 127. The van der Waals surface area contributed by atoms with E-state index in [2.05, 4.69) is 22.4 Å². The first-order valence-corrected chi connectivity index (χ1v) is 7.39. The van der Waals surface area contributed by atoms with E-state index in [-0.39, 0.29) is 24.0 Å². The number of aromatic nitrogens is 1. The largest absolute Gasteiger partial charge is 0.467 e. The number of halogens is 1. The molecule has 2 heterocycles. The molecule has 0 aliphatic carbocycles. The van der Waals surface area contributed by atoms with Crippen LogP contribution in [0.15, 0.2) is 32.3 Å². The highest BCUT2D eigenvalue weighted by Crippen LogP contribution is 2.22. The molecule has 0 aromatic carbocycles. The Morgan fingerprint density at radius 1 is 1.43 bits per heavy atom. The third kappa shape index (κ3) is 4.98. The van der Waals surface area contributed by atoms with Gasteiger partial charge in [-0.2, -0.15) is 0 Å². The second-order valence-corrected chi connectivity index (χ2v) is 5.50. The fourth-order valence-electron chi connectivity index (χ4n) is 2.64. The molecule has 6 nitrogen and oxygen atoms in total. The van der Waals surface area contributed by atoms with E-state index in [1.54, 1.807) is 13.3 Å². The summed E-state index contributed by atoms with van der Waals surface area (Å²) >= 11 is 0. The molecule has 1 atom stereocenters. The zero-order valence-electron chi connectivity index (χ0n) is 14.3. The van der Waals surface area contributed by atoms with Crippen molar-refractivity contribution in [3.05, 3.63) is 41.2 Å². The van der Waals surface area contributed by atoms with Crippen LogP contribution in [0.5, 0.6) is 0 Å². The summed E-state index contributed by atoms with van der Waals surface area (Å²) in [6.45, 7) is 7.51. The van der Waals surface area contributed by atoms with Crippen LogP contribution in [0.2, 0.25) is 0 Å². The van der Waals surface area contributed by atoms with Crippen molar-refractivity contribution in [1.82, 2.24) is 15.4 Å². The lowest BCUT2D eigenvalue weighted by Gasteiger charge is -2.22. The smallest absolute Gasteiger partial charge is 0.193 e. The molecule has 128 valence electrons. The van der Waals surface area contributed by atoms with Crippen LogP contribution >= 0.6 is 24.0 Å². The number of furan rings is 1. The maximum Gasteiger partial charge on any atom is 0.193 e. The van der Waals surface area contributed by atoms with Gasteiger partial charge in [-0.3, -0.25) is 4.99 Å². The van der Waals surface area contributed by atoms with Crippen LogP contribution in [-0.2, 0) is 6.54 Å².